The Labute approximate surface area is 63.3 Å². The molecule has 1 amide bonds. The van der Waals surface area contributed by atoms with E-state index in [1.807, 2.05) is 0 Å². The van der Waals surface area contributed by atoms with Crippen LogP contribution in [0.3, 0.4) is 0 Å². The number of nitrogens with one attached hydrogen (secondary N) is 2. The normalized spacial score (nSPS) is 9.18. The van der Waals surface area contributed by atoms with Crippen molar-refractivity contribution in [1.29, 1.82) is 0 Å². The van der Waals surface area contributed by atoms with E-state index in [0.29, 0.717) is 0 Å². The van der Waals surface area contributed by atoms with Crippen molar-refractivity contribution < 1.29 is 4.79 Å². The summed E-state index contributed by atoms with van der Waals surface area (Å²) >= 11 is 0. The van der Waals surface area contributed by atoms with Crippen LogP contribution >= 0.6 is 0 Å². The summed E-state index contributed by atoms with van der Waals surface area (Å²) in [7, 11) is 1.48. The van der Waals surface area contributed by atoms with Crippen LogP contribution in [0.4, 0.5) is 0 Å². The van der Waals surface area contributed by atoms with Crippen molar-refractivity contribution in [1.82, 2.24) is 10.3 Å². The Balaban J connectivity index is 3.14. The molecule has 1 heterocycles. The first-order valence-corrected chi connectivity index (χ1v) is 3.15. The van der Waals surface area contributed by atoms with Gasteiger partial charge in [0.05, 0.1) is 0 Å². The van der Waals surface area contributed by atoms with Crippen molar-refractivity contribution >= 4 is 5.91 Å². The third kappa shape index (κ3) is 1.46. The quantitative estimate of drug-likeness (QED) is 0.582. The van der Waals surface area contributed by atoms with Crippen molar-refractivity contribution in [2.45, 2.75) is 0 Å². The maximum atomic E-state index is 10.9. The monoisotopic (exact) mass is 152 g/mol. The van der Waals surface area contributed by atoms with Gasteiger partial charge in [-0.1, -0.05) is 0 Å². The third-order valence-electron chi connectivity index (χ3n) is 1.30. The van der Waals surface area contributed by atoms with E-state index in [9.17, 15) is 9.59 Å². The third-order valence-corrected chi connectivity index (χ3v) is 1.30. The lowest BCUT2D eigenvalue weighted by Gasteiger charge is -1.95. The Kier molecular flexibility index (Phi) is 2.06. The lowest BCUT2D eigenvalue weighted by Crippen LogP contribution is -2.24. The number of aromatic amines is 1. The molecule has 1 rings (SSSR count). The summed E-state index contributed by atoms with van der Waals surface area (Å²) in [6.45, 7) is 0. The summed E-state index contributed by atoms with van der Waals surface area (Å²) in [6.07, 6.45) is 2.86. The standard InChI is InChI=1S/C7H8N2O2/c1-8-7(11)5-4-9-3-2-6(5)10/h2-4H,1H3,(H,8,11)(H,9,10). The van der Waals surface area contributed by atoms with E-state index in [2.05, 4.69) is 10.3 Å². The van der Waals surface area contributed by atoms with E-state index in [1.54, 1.807) is 0 Å². The van der Waals surface area contributed by atoms with Crippen LogP contribution in [0.2, 0.25) is 0 Å². The van der Waals surface area contributed by atoms with E-state index in [-0.39, 0.29) is 16.9 Å². The fourth-order valence-corrected chi connectivity index (χ4v) is 0.728. The fraction of sp³-hybridized carbons (Fsp3) is 0.143. The molecule has 0 aliphatic carbocycles. The van der Waals surface area contributed by atoms with Crippen molar-refractivity contribution in [3.05, 3.63) is 34.2 Å². The summed E-state index contributed by atoms with van der Waals surface area (Å²) in [5.74, 6) is -0.369. The van der Waals surface area contributed by atoms with Crippen LogP contribution in [0.1, 0.15) is 10.4 Å². The van der Waals surface area contributed by atoms with Gasteiger partial charge in [0, 0.05) is 25.5 Å². The largest absolute Gasteiger partial charge is 0.367 e. The van der Waals surface area contributed by atoms with Crippen molar-refractivity contribution in [3.63, 3.8) is 0 Å². The van der Waals surface area contributed by atoms with Gasteiger partial charge in [-0.15, -0.1) is 0 Å². The molecule has 0 fully saturated rings. The SMILES string of the molecule is CNC(=O)c1c[nH]ccc1=O. The van der Waals surface area contributed by atoms with Crippen LogP contribution in [0.5, 0.6) is 0 Å². The summed E-state index contributed by atoms with van der Waals surface area (Å²) in [6, 6.07) is 1.31. The summed E-state index contributed by atoms with van der Waals surface area (Å²) < 4.78 is 0. The molecule has 0 bridgehead atoms. The van der Waals surface area contributed by atoms with E-state index in [1.165, 1.54) is 25.5 Å². The van der Waals surface area contributed by atoms with Crippen LogP contribution in [0.25, 0.3) is 0 Å². The van der Waals surface area contributed by atoms with Gasteiger partial charge in [0.1, 0.15) is 5.56 Å². The van der Waals surface area contributed by atoms with Gasteiger partial charge >= 0.3 is 0 Å². The van der Waals surface area contributed by atoms with Gasteiger partial charge < -0.3 is 10.3 Å². The van der Waals surface area contributed by atoms with Gasteiger partial charge in [-0.3, -0.25) is 9.59 Å². The van der Waals surface area contributed by atoms with E-state index in [4.69, 9.17) is 0 Å². The average molecular weight is 152 g/mol. The lowest BCUT2D eigenvalue weighted by molar-refractivity contribution is 0.0961. The number of rotatable bonds is 1. The Hall–Kier alpha value is -1.58. The highest BCUT2D eigenvalue weighted by atomic mass is 16.2. The van der Waals surface area contributed by atoms with Gasteiger partial charge in [-0.05, 0) is 0 Å². The molecule has 11 heavy (non-hydrogen) atoms. The minimum absolute atomic E-state index is 0.134. The number of hydrogen-bond donors (Lipinski definition) is 2. The van der Waals surface area contributed by atoms with Crippen LogP contribution in [0.15, 0.2) is 23.3 Å². The number of aromatic nitrogens is 1. The number of carbonyl (C=O) groups is 1. The molecule has 1 aromatic heterocycles. The number of hydrogen-bond acceptors (Lipinski definition) is 2. The highest BCUT2D eigenvalue weighted by molar-refractivity contribution is 5.93. The molecular formula is C7H8N2O2. The van der Waals surface area contributed by atoms with Crippen molar-refractivity contribution in [2.24, 2.45) is 0 Å². The topological polar surface area (TPSA) is 62.0 Å². The molecule has 2 N–H and O–H groups in total. The van der Waals surface area contributed by atoms with E-state index in [0.717, 1.165) is 0 Å². The maximum Gasteiger partial charge on any atom is 0.256 e. The second-order valence-electron chi connectivity index (χ2n) is 2.00. The highest BCUT2D eigenvalue weighted by Gasteiger charge is 2.05. The Morgan fingerprint density at radius 3 is 2.91 bits per heavy atom. The van der Waals surface area contributed by atoms with Crippen LogP contribution in [0, 0.1) is 0 Å². The molecule has 0 saturated heterocycles. The van der Waals surface area contributed by atoms with Gasteiger partial charge in [0.2, 0.25) is 0 Å². The van der Waals surface area contributed by atoms with E-state index < -0.39 is 0 Å². The molecule has 4 nitrogen and oxygen atoms in total. The van der Waals surface area contributed by atoms with Crippen LogP contribution in [-0.4, -0.2) is 17.9 Å². The van der Waals surface area contributed by atoms with Gasteiger partial charge in [0.15, 0.2) is 5.43 Å². The van der Waals surface area contributed by atoms with Gasteiger partial charge in [-0.2, -0.15) is 0 Å². The fourth-order valence-electron chi connectivity index (χ4n) is 0.728. The predicted octanol–water partition coefficient (Wildman–Crippen LogP) is -0.266. The summed E-state index contributed by atoms with van der Waals surface area (Å²) in [4.78, 5) is 24.5. The smallest absolute Gasteiger partial charge is 0.256 e. The van der Waals surface area contributed by atoms with Crippen LogP contribution in [-0.2, 0) is 0 Å². The Morgan fingerprint density at radius 1 is 1.64 bits per heavy atom. The summed E-state index contributed by atoms with van der Waals surface area (Å²) in [5.41, 5.74) is -0.141. The second-order valence-corrected chi connectivity index (χ2v) is 2.00. The minimum Gasteiger partial charge on any atom is -0.367 e. The predicted molar refractivity (Wildman–Crippen MR) is 40.5 cm³/mol. The zero-order valence-electron chi connectivity index (χ0n) is 6.05. The van der Waals surface area contributed by atoms with E-state index >= 15 is 0 Å². The Morgan fingerprint density at radius 2 is 2.36 bits per heavy atom. The molecule has 0 aliphatic rings. The maximum absolute atomic E-state index is 10.9. The molecule has 0 spiro atoms. The van der Waals surface area contributed by atoms with Gasteiger partial charge in [-0.25, -0.2) is 0 Å². The molecular weight excluding hydrogens is 144 g/mol. The first-order chi connectivity index (χ1) is 5.25. The molecule has 0 saturated carbocycles. The molecule has 4 heteroatoms. The van der Waals surface area contributed by atoms with Crippen LogP contribution < -0.4 is 10.7 Å². The first-order valence-electron chi connectivity index (χ1n) is 3.15. The second kappa shape index (κ2) is 3.01. The molecule has 0 radical (unpaired) electrons. The molecule has 0 atom stereocenters. The zero-order valence-corrected chi connectivity index (χ0v) is 6.05. The number of amides is 1. The van der Waals surface area contributed by atoms with Gasteiger partial charge in [0.25, 0.3) is 5.91 Å². The minimum atomic E-state index is -0.369. The highest BCUT2D eigenvalue weighted by Crippen LogP contribution is 1.85. The zero-order chi connectivity index (χ0) is 8.27. The molecule has 0 aliphatic heterocycles. The number of carbonyl (C=O) groups excluding carboxylic acids is 1. The molecule has 0 unspecified atom stereocenters. The number of H-pyrrole nitrogens is 1. The molecule has 58 valence electrons. The van der Waals surface area contributed by atoms with Crippen molar-refractivity contribution in [3.8, 4) is 0 Å². The first kappa shape index (κ1) is 7.53. The molecule has 1 aromatic rings. The number of pyridine rings is 1. The Bertz CT molecular complexity index is 316. The lowest BCUT2D eigenvalue weighted by atomic mass is 10.2. The summed E-state index contributed by atoms with van der Waals surface area (Å²) in [5, 5.41) is 2.36. The average Bonchev–Trinajstić information content (AvgIpc) is 2.04. The molecule has 0 aromatic carbocycles. The van der Waals surface area contributed by atoms with Crippen molar-refractivity contribution in [2.75, 3.05) is 7.05 Å².